The third kappa shape index (κ3) is 4.48. The monoisotopic (exact) mass is 348 g/mol. The van der Waals surface area contributed by atoms with Crippen LogP contribution in [0, 0.1) is 11.7 Å². The molecule has 6 nitrogen and oxygen atoms in total. The van der Waals surface area contributed by atoms with Gasteiger partial charge in [0, 0.05) is 37.8 Å². The summed E-state index contributed by atoms with van der Waals surface area (Å²) in [6, 6.07) is 6.47. The van der Waals surface area contributed by atoms with Gasteiger partial charge < -0.3 is 15.5 Å². The Morgan fingerprint density at radius 1 is 1.00 bits per heavy atom. The lowest BCUT2D eigenvalue weighted by Gasteiger charge is -2.37. The summed E-state index contributed by atoms with van der Waals surface area (Å²) >= 11 is 0. The van der Waals surface area contributed by atoms with Gasteiger partial charge in [-0.25, -0.2) is 4.39 Å². The fourth-order valence-corrected chi connectivity index (χ4v) is 3.53. The first-order valence-corrected chi connectivity index (χ1v) is 8.83. The third-order valence-corrected chi connectivity index (χ3v) is 5.17. The summed E-state index contributed by atoms with van der Waals surface area (Å²) in [7, 11) is 0. The number of carbonyl (C=O) groups is 2. The number of likely N-dealkylation sites (tertiary alicyclic amines) is 1. The van der Waals surface area contributed by atoms with Crippen molar-refractivity contribution in [3.05, 3.63) is 30.1 Å². The Bertz CT molecular complexity index is 606. The molecule has 0 aliphatic carbocycles. The number of nitrogens with zero attached hydrogens (tertiary/aromatic N) is 3. The van der Waals surface area contributed by atoms with Crippen LogP contribution in [0.25, 0.3) is 0 Å². The van der Waals surface area contributed by atoms with Crippen molar-refractivity contribution in [2.45, 2.75) is 12.8 Å². The molecule has 7 heteroatoms. The Balaban J connectivity index is 1.44. The molecule has 2 heterocycles. The van der Waals surface area contributed by atoms with E-state index in [9.17, 15) is 14.0 Å². The molecular weight excluding hydrogens is 323 g/mol. The molecule has 2 saturated heterocycles. The van der Waals surface area contributed by atoms with E-state index in [0.717, 1.165) is 44.7 Å². The maximum absolute atomic E-state index is 13.0. The quantitative estimate of drug-likeness (QED) is 0.868. The fourth-order valence-electron chi connectivity index (χ4n) is 3.53. The van der Waals surface area contributed by atoms with Gasteiger partial charge in [0.1, 0.15) is 5.82 Å². The van der Waals surface area contributed by atoms with Crippen molar-refractivity contribution in [1.82, 2.24) is 9.80 Å². The molecule has 0 spiro atoms. The number of piperidine rings is 1. The maximum Gasteiger partial charge on any atom is 0.236 e. The number of nitrogens with two attached hydrogens (primary N) is 1. The van der Waals surface area contributed by atoms with Crippen molar-refractivity contribution >= 4 is 17.5 Å². The van der Waals surface area contributed by atoms with E-state index >= 15 is 0 Å². The van der Waals surface area contributed by atoms with Gasteiger partial charge in [0.15, 0.2) is 0 Å². The number of piperazine rings is 1. The number of benzene rings is 1. The lowest BCUT2D eigenvalue weighted by atomic mass is 9.96. The Morgan fingerprint density at radius 2 is 1.60 bits per heavy atom. The predicted octanol–water partition coefficient (Wildman–Crippen LogP) is 0.672. The smallest absolute Gasteiger partial charge is 0.236 e. The van der Waals surface area contributed by atoms with Gasteiger partial charge in [-0.2, -0.15) is 0 Å². The standard InChI is InChI=1S/C18H25FN4O2/c19-15-1-3-16(4-2-15)22-9-11-23(12-10-22)17(24)13-21-7-5-14(6-8-21)18(20)25/h1-4,14H,5-13H2,(H2,20,25). The maximum atomic E-state index is 13.0. The van der Waals surface area contributed by atoms with Gasteiger partial charge in [0.2, 0.25) is 11.8 Å². The molecule has 2 amide bonds. The second-order valence-corrected chi connectivity index (χ2v) is 6.80. The zero-order valence-corrected chi connectivity index (χ0v) is 14.4. The number of hydrogen-bond donors (Lipinski definition) is 1. The highest BCUT2D eigenvalue weighted by Gasteiger charge is 2.27. The van der Waals surface area contributed by atoms with E-state index in [1.165, 1.54) is 12.1 Å². The largest absolute Gasteiger partial charge is 0.369 e. The molecule has 25 heavy (non-hydrogen) atoms. The van der Waals surface area contributed by atoms with Crippen molar-refractivity contribution in [2.75, 3.05) is 50.7 Å². The Kier molecular flexibility index (Phi) is 5.53. The molecule has 1 aromatic rings. The average molecular weight is 348 g/mol. The molecule has 0 unspecified atom stereocenters. The van der Waals surface area contributed by atoms with E-state index in [-0.39, 0.29) is 23.5 Å². The number of amides is 2. The van der Waals surface area contributed by atoms with Gasteiger partial charge in [0.05, 0.1) is 6.54 Å². The van der Waals surface area contributed by atoms with Gasteiger partial charge in [-0.1, -0.05) is 0 Å². The number of halogens is 1. The Hall–Kier alpha value is -2.15. The van der Waals surface area contributed by atoms with Crippen LogP contribution in [0.3, 0.4) is 0 Å². The molecule has 0 atom stereocenters. The molecule has 0 radical (unpaired) electrons. The first-order valence-electron chi connectivity index (χ1n) is 8.83. The van der Waals surface area contributed by atoms with Crippen LogP contribution in [-0.4, -0.2) is 67.4 Å². The van der Waals surface area contributed by atoms with Crippen molar-refractivity contribution < 1.29 is 14.0 Å². The molecule has 2 N–H and O–H groups in total. The Labute approximate surface area is 147 Å². The summed E-state index contributed by atoms with van der Waals surface area (Å²) in [5.74, 6) is -0.387. The molecule has 0 bridgehead atoms. The number of anilines is 1. The number of carbonyl (C=O) groups excluding carboxylic acids is 2. The second kappa shape index (κ2) is 7.82. The summed E-state index contributed by atoms with van der Waals surface area (Å²) in [4.78, 5) is 29.9. The molecular formula is C18H25FN4O2. The lowest BCUT2D eigenvalue weighted by molar-refractivity contribution is -0.133. The molecule has 0 aromatic heterocycles. The van der Waals surface area contributed by atoms with Gasteiger partial charge in [-0.15, -0.1) is 0 Å². The third-order valence-electron chi connectivity index (χ3n) is 5.17. The van der Waals surface area contributed by atoms with E-state index in [0.29, 0.717) is 19.6 Å². The normalized spacial score (nSPS) is 19.9. The summed E-state index contributed by atoms with van der Waals surface area (Å²) in [5, 5.41) is 0. The Morgan fingerprint density at radius 3 is 2.16 bits per heavy atom. The zero-order chi connectivity index (χ0) is 17.8. The lowest BCUT2D eigenvalue weighted by Crippen LogP contribution is -2.52. The first-order chi connectivity index (χ1) is 12.0. The number of hydrogen-bond acceptors (Lipinski definition) is 4. The number of rotatable bonds is 4. The molecule has 2 aliphatic heterocycles. The van der Waals surface area contributed by atoms with Crippen molar-refractivity contribution in [3.63, 3.8) is 0 Å². The van der Waals surface area contributed by atoms with Crippen LogP contribution in [0.2, 0.25) is 0 Å². The molecule has 2 aliphatic rings. The van der Waals surface area contributed by atoms with Crippen LogP contribution >= 0.6 is 0 Å². The van der Waals surface area contributed by atoms with Crippen LogP contribution in [0.5, 0.6) is 0 Å². The fraction of sp³-hybridized carbons (Fsp3) is 0.556. The summed E-state index contributed by atoms with van der Waals surface area (Å²) in [6.07, 6.45) is 1.47. The van der Waals surface area contributed by atoms with E-state index in [1.807, 2.05) is 4.90 Å². The summed E-state index contributed by atoms with van der Waals surface area (Å²) in [6.45, 7) is 4.75. The molecule has 136 valence electrons. The topological polar surface area (TPSA) is 69.9 Å². The van der Waals surface area contributed by atoms with E-state index in [1.54, 1.807) is 12.1 Å². The number of primary amides is 1. The van der Waals surface area contributed by atoms with E-state index in [2.05, 4.69) is 9.80 Å². The zero-order valence-electron chi connectivity index (χ0n) is 14.4. The molecule has 0 saturated carbocycles. The molecule has 2 fully saturated rings. The van der Waals surface area contributed by atoms with E-state index < -0.39 is 0 Å². The van der Waals surface area contributed by atoms with Crippen molar-refractivity contribution in [1.29, 1.82) is 0 Å². The van der Waals surface area contributed by atoms with Crippen LogP contribution in [0.15, 0.2) is 24.3 Å². The summed E-state index contributed by atoms with van der Waals surface area (Å²) < 4.78 is 13.0. The minimum Gasteiger partial charge on any atom is -0.369 e. The van der Waals surface area contributed by atoms with Crippen molar-refractivity contribution in [3.8, 4) is 0 Å². The SMILES string of the molecule is NC(=O)C1CCN(CC(=O)N2CCN(c3ccc(F)cc3)CC2)CC1. The van der Waals surface area contributed by atoms with E-state index in [4.69, 9.17) is 5.73 Å². The van der Waals surface area contributed by atoms with Gasteiger partial charge in [0.25, 0.3) is 0 Å². The van der Waals surface area contributed by atoms with Gasteiger partial charge in [-0.05, 0) is 50.2 Å². The first kappa shape index (κ1) is 17.7. The molecule has 1 aromatic carbocycles. The van der Waals surface area contributed by atoms with Crippen LogP contribution in [0.1, 0.15) is 12.8 Å². The minimum absolute atomic E-state index is 0.0504. The van der Waals surface area contributed by atoms with Crippen LogP contribution in [0.4, 0.5) is 10.1 Å². The minimum atomic E-state index is -0.238. The van der Waals surface area contributed by atoms with Crippen molar-refractivity contribution in [2.24, 2.45) is 11.7 Å². The highest BCUT2D eigenvalue weighted by Crippen LogP contribution is 2.18. The van der Waals surface area contributed by atoms with Crippen LogP contribution < -0.4 is 10.6 Å². The average Bonchev–Trinajstić information content (AvgIpc) is 2.63. The van der Waals surface area contributed by atoms with Gasteiger partial charge >= 0.3 is 0 Å². The summed E-state index contributed by atoms with van der Waals surface area (Å²) in [5.41, 5.74) is 6.33. The predicted molar refractivity (Wildman–Crippen MR) is 93.6 cm³/mol. The van der Waals surface area contributed by atoms with Crippen LogP contribution in [-0.2, 0) is 9.59 Å². The second-order valence-electron chi connectivity index (χ2n) is 6.80. The highest BCUT2D eigenvalue weighted by molar-refractivity contribution is 5.79. The van der Waals surface area contributed by atoms with Gasteiger partial charge in [-0.3, -0.25) is 14.5 Å². The highest BCUT2D eigenvalue weighted by atomic mass is 19.1. The molecule has 3 rings (SSSR count).